The van der Waals surface area contributed by atoms with Crippen molar-refractivity contribution in [2.45, 2.75) is 11.8 Å². The van der Waals surface area contributed by atoms with Gasteiger partial charge in [-0.1, -0.05) is 12.2 Å². The Kier molecular flexibility index (Phi) is 0.649. The average molecular weight is 141 g/mol. The molecule has 2 fully saturated rings. The standard InChI is InChI=1S/C8H9Cl/c9-8-6-4-1-2-5(3-4)7(6)8/h1-2,4-8H,3H2/t4-,5-,6-,7-/m0/s1. The minimum absolute atomic E-state index is 0.545. The van der Waals surface area contributed by atoms with Crippen LogP contribution in [0.3, 0.4) is 0 Å². The van der Waals surface area contributed by atoms with Gasteiger partial charge in [0.05, 0.1) is 0 Å². The van der Waals surface area contributed by atoms with Crippen molar-refractivity contribution in [3.63, 3.8) is 0 Å². The van der Waals surface area contributed by atoms with Crippen molar-refractivity contribution in [1.82, 2.24) is 0 Å². The zero-order valence-electron chi connectivity index (χ0n) is 5.13. The van der Waals surface area contributed by atoms with Crippen LogP contribution in [0.25, 0.3) is 0 Å². The van der Waals surface area contributed by atoms with Crippen LogP contribution < -0.4 is 0 Å². The lowest BCUT2D eigenvalue weighted by Gasteiger charge is -2.01. The van der Waals surface area contributed by atoms with Crippen molar-refractivity contribution in [3.8, 4) is 0 Å². The van der Waals surface area contributed by atoms with E-state index in [-0.39, 0.29) is 0 Å². The van der Waals surface area contributed by atoms with Gasteiger partial charge in [0.25, 0.3) is 0 Å². The van der Waals surface area contributed by atoms with Crippen LogP contribution in [0, 0.1) is 23.7 Å². The Labute approximate surface area is 59.9 Å². The third-order valence-corrected chi connectivity index (χ3v) is 3.76. The molecule has 0 nitrogen and oxygen atoms in total. The van der Waals surface area contributed by atoms with E-state index in [1.807, 2.05) is 0 Å². The maximum Gasteiger partial charge on any atom is 0.0410 e. The van der Waals surface area contributed by atoms with Gasteiger partial charge in [-0.3, -0.25) is 0 Å². The van der Waals surface area contributed by atoms with Gasteiger partial charge < -0.3 is 0 Å². The van der Waals surface area contributed by atoms with E-state index in [0.717, 1.165) is 23.7 Å². The first-order chi connectivity index (χ1) is 4.38. The fourth-order valence-electron chi connectivity index (χ4n) is 2.69. The summed E-state index contributed by atoms with van der Waals surface area (Å²) in [5.74, 6) is 3.54. The maximum absolute atomic E-state index is 6.04. The van der Waals surface area contributed by atoms with Crippen LogP contribution in [0.2, 0.25) is 0 Å². The van der Waals surface area contributed by atoms with Crippen molar-refractivity contribution in [2.24, 2.45) is 23.7 Å². The lowest BCUT2D eigenvalue weighted by atomic mass is 10.1. The van der Waals surface area contributed by atoms with Crippen LogP contribution in [0.1, 0.15) is 6.42 Å². The molecule has 2 saturated carbocycles. The second-order valence-electron chi connectivity index (χ2n) is 3.55. The molecule has 48 valence electrons. The van der Waals surface area contributed by atoms with E-state index in [9.17, 15) is 0 Å². The molecule has 0 aliphatic heterocycles. The van der Waals surface area contributed by atoms with Crippen LogP contribution in [-0.2, 0) is 0 Å². The van der Waals surface area contributed by atoms with Crippen molar-refractivity contribution in [1.29, 1.82) is 0 Å². The fraction of sp³-hybridized carbons (Fsp3) is 0.750. The van der Waals surface area contributed by atoms with E-state index in [2.05, 4.69) is 12.2 Å². The number of hydrogen-bond acceptors (Lipinski definition) is 0. The predicted octanol–water partition coefficient (Wildman–Crippen LogP) is 2.05. The third kappa shape index (κ3) is 0.400. The van der Waals surface area contributed by atoms with E-state index in [1.165, 1.54) is 6.42 Å². The fourth-order valence-corrected chi connectivity index (χ4v) is 3.32. The number of alkyl halides is 1. The van der Waals surface area contributed by atoms with Gasteiger partial charge in [-0.05, 0) is 30.1 Å². The largest absolute Gasteiger partial charge is 0.122 e. The molecule has 0 N–H and O–H groups in total. The van der Waals surface area contributed by atoms with Crippen molar-refractivity contribution in [2.75, 3.05) is 0 Å². The molecular weight excluding hydrogens is 132 g/mol. The Bertz CT molecular complexity index is 167. The Morgan fingerprint density at radius 1 is 1.11 bits per heavy atom. The van der Waals surface area contributed by atoms with Gasteiger partial charge in [0.2, 0.25) is 0 Å². The van der Waals surface area contributed by atoms with Crippen molar-refractivity contribution < 1.29 is 0 Å². The highest BCUT2D eigenvalue weighted by molar-refractivity contribution is 6.23. The topological polar surface area (TPSA) is 0 Å². The first-order valence-electron chi connectivity index (χ1n) is 3.70. The Hall–Kier alpha value is 0.0300. The van der Waals surface area contributed by atoms with Gasteiger partial charge in [-0.25, -0.2) is 0 Å². The third-order valence-electron chi connectivity index (χ3n) is 3.18. The average Bonchev–Trinajstić information content (AvgIpc) is 2.29. The predicted molar refractivity (Wildman–Crippen MR) is 37.4 cm³/mol. The molecule has 3 rings (SSSR count). The molecule has 0 heterocycles. The quantitative estimate of drug-likeness (QED) is 0.357. The van der Waals surface area contributed by atoms with Crippen LogP contribution in [0.15, 0.2) is 12.2 Å². The minimum atomic E-state index is 0.545. The van der Waals surface area contributed by atoms with E-state index in [4.69, 9.17) is 11.6 Å². The number of hydrogen-bond donors (Lipinski definition) is 0. The van der Waals surface area contributed by atoms with Crippen LogP contribution in [-0.4, -0.2) is 5.38 Å². The summed E-state index contributed by atoms with van der Waals surface area (Å²) in [4.78, 5) is 0. The van der Waals surface area contributed by atoms with E-state index >= 15 is 0 Å². The molecule has 1 heteroatoms. The highest BCUT2D eigenvalue weighted by Gasteiger charge is 2.62. The van der Waals surface area contributed by atoms with Crippen LogP contribution in [0.4, 0.5) is 0 Å². The molecule has 3 aliphatic carbocycles. The molecule has 9 heavy (non-hydrogen) atoms. The number of rotatable bonds is 0. The van der Waals surface area contributed by atoms with Crippen LogP contribution in [0.5, 0.6) is 0 Å². The highest BCUT2D eigenvalue weighted by Crippen LogP contribution is 2.65. The molecule has 0 saturated heterocycles. The molecule has 3 aliphatic rings. The zero-order chi connectivity index (χ0) is 6.01. The second-order valence-corrected chi connectivity index (χ2v) is 4.05. The molecule has 2 bridgehead atoms. The van der Waals surface area contributed by atoms with E-state index < -0.39 is 0 Å². The van der Waals surface area contributed by atoms with Gasteiger partial charge in [0.15, 0.2) is 0 Å². The molecule has 0 unspecified atom stereocenters. The molecule has 0 aromatic carbocycles. The molecule has 0 radical (unpaired) electrons. The minimum Gasteiger partial charge on any atom is -0.122 e. The maximum atomic E-state index is 6.04. The van der Waals surface area contributed by atoms with Gasteiger partial charge >= 0.3 is 0 Å². The number of allylic oxidation sites excluding steroid dienone is 2. The highest BCUT2D eigenvalue weighted by atomic mass is 35.5. The summed E-state index contributed by atoms with van der Waals surface area (Å²) in [7, 11) is 0. The van der Waals surface area contributed by atoms with Crippen LogP contribution >= 0.6 is 11.6 Å². The smallest absolute Gasteiger partial charge is 0.0410 e. The summed E-state index contributed by atoms with van der Waals surface area (Å²) in [6.45, 7) is 0. The van der Waals surface area contributed by atoms with Gasteiger partial charge in [-0.15, -0.1) is 11.6 Å². The van der Waals surface area contributed by atoms with E-state index in [1.54, 1.807) is 0 Å². The monoisotopic (exact) mass is 140 g/mol. The molecule has 0 aromatic rings. The van der Waals surface area contributed by atoms with Crippen molar-refractivity contribution >= 4 is 11.6 Å². The summed E-state index contributed by atoms with van der Waals surface area (Å²) in [5.41, 5.74) is 0. The number of fused-ring (bicyclic) bond motifs is 5. The summed E-state index contributed by atoms with van der Waals surface area (Å²) in [5, 5.41) is 0.545. The SMILES string of the molecule is ClC1[C@@H]2[C@@H]1[C@H]1C=C[C@H]2C1. The molecule has 4 atom stereocenters. The Balaban J connectivity index is 2.03. The molecule has 0 amide bonds. The lowest BCUT2D eigenvalue weighted by Crippen LogP contribution is -1.96. The summed E-state index contributed by atoms with van der Waals surface area (Å²) in [6, 6.07) is 0. The van der Waals surface area contributed by atoms with Crippen molar-refractivity contribution in [3.05, 3.63) is 12.2 Å². The van der Waals surface area contributed by atoms with Gasteiger partial charge in [-0.2, -0.15) is 0 Å². The summed E-state index contributed by atoms with van der Waals surface area (Å²) >= 11 is 6.04. The van der Waals surface area contributed by atoms with Gasteiger partial charge in [0, 0.05) is 5.38 Å². The summed E-state index contributed by atoms with van der Waals surface area (Å²) in [6.07, 6.45) is 6.15. The first-order valence-corrected chi connectivity index (χ1v) is 4.14. The summed E-state index contributed by atoms with van der Waals surface area (Å²) < 4.78 is 0. The Morgan fingerprint density at radius 2 is 1.67 bits per heavy atom. The molecule has 0 spiro atoms. The lowest BCUT2D eigenvalue weighted by molar-refractivity contribution is 0.577. The molecule has 0 aromatic heterocycles. The second kappa shape index (κ2) is 1.22. The number of halogens is 1. The molecular formula is C8H9Cl. The first kappa shape index (κ1) is 4.79. The Morgan fingerprint density at radius 3 is 2.11 bits per heavy atom. The zero-order valence-corrected chi connectivity index (χ0v) is 5.88. The normalized spacial score (nSPS) is 66.6. The van der Waals surface area contributed by atoms with E-state index in [0.29, 0.717) is 5.38 Å². The van der Waals surface area contributed by atoms with Gasteiger partial charge in [0.1, 0.15) is 0 Å².